The Labute approximate surface area is 144 Å². The topological polar surface area (TPSA) is 114 Å². The van der Waals surface area contributed by atoms with Gasteiger partial charge < -0.3 is 10.3 Å². The first kappa shape index (κ1) is 16.7. The van der Waals surface area contributed by atoms with E-state index in [2.05, 4.69) is 49.4 Å². The third-order valence-corrected chi connectivity index (χ3v) is 3.82. The molecule has 0 bridgehead atoms. The number of nitrogens with one attached hydrogen (secondary N) is 2. The van der Waals surface area contributed by atoms with E-state index < -0.39 is 0 Å². The number of hydrogen-bond acceptors (Lipinski definition) is 7. The molecule has 0 fully saturated rings. The normalized spacial score (nSPS) is 11.1. The standard InChI is InChI=1S/C16H20N8O/c1-9(2)11-5-6-17-16(21-11)19-8-13-14(22-23-24(13)4)12-7-18-15(25)10(3)20-12/h5-7,9H,8H2,1-4H3,(H,18,25)(H,17,19,21). The molecular formula is C16H20N8O. The first-order valence-corrected chi connectivity index (χ1v) is 7.97. The van der Waals surface area contributed by atoms with Crippen LogP contribution in [-0.4, -0.2) is 34.9 Å². The molecule has 0 spiro atoms. The zero-order chi connectivity index (χ0) is 18.0. The van der Waals surface area contributed by atoms with Gasteiger partial charge in [-0.2, -0.15) is 0 Å². The highest BCUT2D eigenvalue weighted by molar-refractivity contribution is 5.56. The van der Waals surface area contributed by atoms with Crippen molar-refractivity contribution in [2.45, 2.75) is 33.2 Å². The average Bonchev–Trinajstić information content (AvgIpc) is 2.96. The zero-order valence-electron chi connectivity index (χ0n) is 14.6. The smallest absolute Gasteiger partial charge is 0.269 e. The van der Waals surface area contributed by atoms with Crippen LogP contribution in [0.5, 0.6) is 0 Å². The van der Waals surface area contributed by atoms with E-state index in [9.17, 15) is 4.79 Å². The van der Waals surface area contributed by atoms with Gasteiger partial charge in [0.05, 0.1) is 12.2 Å². The minimum Gasteiger partial charge on any atom is -0.348 e. The molecule has 3 heterocycles. The lowest BCUT2D eigenvalue weighted by Crippen LogP contribution is -2.13. The van der Waals surface area contributed by atoms with Crippen molar-refractivity contribution < 1.29 is 0 Å². The average molecular weight is 340 g/mol. The Balaban J connectivity index is 1.86. The molecular weight excluding hydrogens is 320 g/mol. The molecule has 0 atom stereocenters. The number of anilines is 1. The van der Waals surface area contributed by atoms with E-state index in [0.717, 1.165) is 11.4 Å². The van der Waals surface area contributed by atoms with Gasteiger partial charge in [0.1, 0.15) is 17.1 Å². The molecule has 9 nitrogen and oxygen atoms in total. The maximum Gasteiger partial charge on any atom is 0.269 e. The number of aromatic nitrogens is 7. The minimum atomic E-state index is -0.216. The number of rotatable bonds is 5. The van der Waals surface area contributed by atoms with E-state index in [1.807, 2.05) is 6.07 Å². The Morgan fingerprint density at radius 1 is 1.32 bits per heavy atom. The fourth-order valence-electron chi connectivity index (χ4n) is 2.34. The van der Waals surface area contributed by atoms with Crippen molar-refractivity contribution in [1.29, 1.82) is 0 Å². The van der Waals surface area contributed by atoms with Gasteiger partial charge in [-0.05, 0) is 18.9 Å². The predicted molar refractivity (Wildman–Crippen MR) is 93.0 cm³/mol. The van der Waals surface area contributed by atoms with E-state index >= 15 is 0 Å². The Morgan fingerprint density at radius 2 is 2.12 bits per heavy atom. The molecule has 3 aromatic rings. The van der Waals surface area contributed by atoms with Gasteiger partial charge in [0.15, 0.2) is 0 Å². The lowest BCUT2D eigenvalue weighted by molar-refractivity contribution is 0.682. The van der Waals surface area contributed by atoms with E-state index in [0.29, 0.717) is 35.5 Å². The fraction of sp³-hybridized carbons (Fsp3) is 0.375. The van der Waals surface area contributed by atoms with Gasteiger partial charge in [0.2, 0.25) is 5.95 Å². The molecule has 0 amide bonds. The zero-order valence-corrected chi connectivity index (χ0v) is 14.6. The van der Waals surface area contributed by atoms with Crippen LogP contribution in [0.25, 0.3) is 11.4 Å². The molecule has 0 aliphatic heterocycles. The highest BCUT2D eigenvalue weighted by atomic mass is 16.1. The predicted octanol–water partition coefficient (Wildman–Crippen LogP) is 1.40. The number of hydrogen-bond donors (Lipinski definition) is 2. The summed E-state index contributed by atoms with van der Waals surface area (Å²) < 4.78 is 1.66. The van der Waals surface area contributed by atoms with Crippen LogP contribution in [0.2, 0.25) is 0 Å². The van der Waals surface area contributed by atoms with Crippen LogP contribution in [0.4, 0.5) is 5.95 Å². The van der Waals surface area contributed by atoms with Crippen molar-refractivity contribution in [2.75, 3.05) is 5.32 Å². The van der Waals surface area contributed by atoms with Crippen LogP contribution in [0.1, 0.15) is 36.8 Å². The maximum absolute atomic E-state index is 11.5. The van der Waals surface area contributed by atoms with Crippen LogP contribution in [-0.2, 0) is 13.6 Å². The molecule has 3 rings (SSSR count). The summed E-state index contributed by atoms with van der Waals surface area (Å²) in [7, 11) is 1.80. The van der Waals surface area contributed by atoms with Crippen LogP contribution in [0, 0.1) is 6.92 Å². The third kappa shape index (κ3) is 3.54. The lowest BCUT2D eigenvalue weighted by atomic mass is 10.1. The van der Waals surface area contributed by atoms with Crippen molar-refractivity contribution in [3.63, 3.8) is 0 Å². The number of nitrogens with zero attached hydrogens (tertiary/aromatic N) is 6. The largest absolute Gasteiger partial charge is 0.348 e. The fourth-order valence-corrected chi connectivity index (χ4v) is 2.34. The summed E-state index contributed by atoms with van der Waals surface area (Å²) in [4.78, 5) is 27.2. The second kappa shape index (κ2) is 6.80. The molecule has 25 heavy (non-hydrogen) atoms. The number of aryl methyl sites for hydroxylation is 2. The van der Waals surface area contributed by atoms with E-state index in [4.69, 9.17) is 0 Å². The van der Waals surface area contributed by atoms with Gasteiger partial charge in [-0.25, -0.2) is 19.6 Å². The monoisotopic (exact) mass is 340 g/mol. The van der Waals surface area contributed by atoms with E-state index in [1.165, 1.54) is 0 Å². The van der Waals surface area contributed by atoms with Crippen LogP contribution < -0.4 is 10.9 Å². The number of aromatic amines is 1. The van der Waals surface area contributed by atoms with Gasteiger partial charge in [-0.15, -0.1) is 5.10 Å². The molecule has 0 aliphatic carbocycles. The molecule has 130 valence electrons. The summed E-state index contributed by atoms with van der Waals surface area (Å²) in [5, 5.41) is 11.4. The molecule has 0 saturated heterocycles. The van der Waals surface area contributed by atoms with Gasteiger partial charge in [0.25, 0.3) is 5.56 Å². The minimum absolute atomic E-state index is 0.216. The second-order valence-electron chi connectivity index (χ2n) is 6.02. The molecule has 0 saturated carbocycles. The highest BCUT2D eigenvalue weighted by Crippen LogP contribution is 2.19. The maximum atomic E-state index is 11.5. The van der Waals surface area contributed by atoms with Crippen molar-refractivity contribution in [3.05, 3.63) is 45.9 Å². The van der Waals surface area contributed by atoms with E-state index in [-0.39, 0.29) is 5.56 Å². The number of H-pyrrole nitrogens is 1. The Bertz CT molecular complexity index is 943. The second-order valence-corrected chi connectivity index (χ2v) is 6.02. The van der Waals surface area contributed by atoms with Crippen LogP contribution >= 0.6 is 0 Å². The summed E-state index contributed by atoms with van der Waals surface area (Å²) in [5.74, 6) is 0.870. The summed E-state index contributed by atoms with van der Waals surface area (Å²) in [5.41, 5.74) is 3.13. The van der Waals surface area contributed by atoms with Crippen molar-refractivity contribution in [1.82, 2.24) is 34.9 Å². The third-order valence-electron chi connectivity index (χ3n) is 3.82. The summed E-state index contributed by atoms with van der Waals surface area (Å²) in [6.07, 6.45) is 3.28. The summed E-state index contributed by atoms with van der Waals surface area (Å²) in [6, 6.07) is 1.90. The highest BCUT2D eigenvalue weighted by Gasteiger charge is 2.15. The van der Waals surface area contributed by atoms with Crippen molar-refractivity contribution in [3.8, 4) is 11.4 Å². The molecule has 3 aromatic heterocycles. The first-order chi connectivity index (χ1) is 12.0. The van der Waals surface area contributed by atoms with E-state index in [1.54, 1.807) is 31.0 Å². The SMILES string of the molecule is Cc1nc(-c2nnn(C)c2CNc2nccc(C(C)C)n2)c[nH]c1=O. The molecule has 0 radical (unpaired) electrons. The Morgan fingerprint density at radius 3 is 2.84 bits per heavy atom. The molecule has 0 unspecified atom stereocenters. The van der Waals surface area contributed by atoms with Crippen LogP contribution in [0.3, 0.4) is 0 Å². The molecule has 2 N–H and O–H groups in total. The quantitative estimate of drug-likeness (QED) is 0.721. The molecule has 9 heteroatoms. The van der Waals surface area contributed by atoms with Gasteiger partial charge in [0, 0.05) is 25.1 Å². The summed E-state index contributed by atoms with van der Waals surface area (Å²) >= 11 is 0. The Kier molecular flexibility index (Phi) is 4.55. The van der Waals surface area contributed by atoms with Crippen molar-refractivity contribution >= 4 is 5.95 Å². The summed E-state index contributed by atoms with van der Waals surface area (Å²) in [6.45, 7) is 6.25. The van der Waals surface area contributed by atoms with Crippen LogP contribution in [0.15, 0.2) is 23.3 Å². The molecule has 0 aromatic carbocycles. The van der Waals surface area contributed by atoms with Gasteiger partial charge in [-0.1, -0.05) is 19.1 Å². The van der Waals surface area contributed by atoms with Gasteiger partial charge >= 0.3 is 0 Å². The molecule has 0 aliphatic rings. The Hall–Kier alpha value is -3.10. The van der Waals surface area contributed by atoms with Crippen molar-refractivity contribution in [2.24, 2.45) is 7.05 Å². The lowest BCUT2D eigenvalue weighted by Gasteiger charge is -2.09. The first-order valence-electron chi connectivity index (χ1n) is 7.97. The van der Waals surface area contributed by atoms with Gasteiger partial charge in [-0.3, -0.25) is 4.79 Å².